The summed E-state index contributed by atoms with van der Waals surface area (Å²) in [6.45, 7) is 1.87. The minimum absolute atomic E-state index is 0.0696. The molecule has 4 N–H and O–H groups in total. The van der Waals surface area contributed by atoms with Crippen LogP contribution in [-0.2, 0) is 11.3 Å². The van der Waals surface area contributed by atoms with Crippen molar-refractivity contribution in [3.05, 3.63) is 23.7 Å². The molecule has 16 heavy (non-hydrogen) atoms. The summed E-state index contributed by atoms with van der Waals surface area (Å²) in [5.74, 6) is -1.07. The van der Waals surface area contributed by atoms with Gasteiger partial charge in [-0.3, -0.25) is 4.79 Å². The van der Waals surface area contributed by atoms with Crippen LogP contribution < -0.4 is 11.1 Å². The van der Waals surface area contributed by atoms with Crippen LogP contribution >= 0.6 is 0 Å². The van der Waals surface area contributed by atoms with Crippen LogP contribution in [0, 0.1) is 0 Å². The van der Waals surface area contributed by atoms with Gasteiger partial charge in [-0.2, -0.15) is 0 Å². The first-order chi connectivity index (χ1) is 7.58. The van der Waals surface area contributed by atoms with Gasteiger partial charge in [0, 0.05) is 0 Å². The zero-order valence-electron chi connectivity index (χ0n) is 8.90. The predicted molar refractivity (Wildman–Crippen MR) is 55.8 cm³/mol. The molecular formula is C10H14N2O4. The van der Waals surface area contributed by atoms with Gasteiger partial charge in [0.15, 0.2) is 5.76 Å². The average molecular weight is 226 g/mol. The maximum Gasteiger partial charge on any atom is 0.326 e. The van der Waals surface area contributed by atoms with Crippen LogP contribution in [0.1, 0.15) is 29.7 Å². The lowest BCUT2D eigenvalue weighted by Gasteiger charge is -2.10. The highest BCUT2D eigenvalue weighted by Gasteiger charge is 2.20. The SMILES string of the molecule is CCC(NC(=O)c1ccc(CN)o1)C(=O)O. The maximum absolute atomic E-state index is 11.5. The molecule has 0 radical (unpaired) electrons. The van der Waals surface area contributed by atoms with Crippen LogP contribution in [0.4, 0.5) is 0 Å². The summed E-state index contributed by atoms with van der Waals surface area (Å²) in [7, 11) is 0. The first-order valence-corrected chi connectivity index (χ1v) is 4.91. The summed E-state index contributed by atoms with van der Waals surface area (Å²) < 4.78 is 5.09. The second-order valence-electron chi connectivity index (χ2n) is 3.24. The van der Waals surface area contributed by atoms with Gasteiger partial charge >= 0.3 is 5.97 Å². The number of carbonyl (C=O) groups excluding carboxylic acids is 1. The van der Waals surface area contributed by atoms with Gasteiger partial charge in [0.2, 0.25) is 0 Å². The quantitative estimate of drug-likeness (QED) is 0.671. The number of nitrogens with two attached hydrogens (primary N) is 1. The molecule has 1 atom stereocenters. The Kier molecular flexibility index (Phi) is 4.07. The molecule has 0 saturated heterocycles. The molecule has 0 saturated carbocycles. The second kappa shape index (κ2) is 5.32. The van der Waals surface area contributed by atoms with Crippen molar-refractivity contribution < 1.29 is 19.1 Å². The number of amides is 1. The number of carboxylic acids is 1. The number of furan rings is 1. The van der Waals surface area contributed by atoms with Crippen molar-refractivity contribution in [2.75, 3.05) is 0 Å². The van der Waals surface area contributed by atoms with Crippen LogP contribution in [0.3, 0.4) is 0 Å². The van der Waals surface area contributed by atoms with Crippen molar-refractivity contribution in [2.45, 2.75) is 25.9 Å². The lowest BCUT2D eigenvalue weighted by Crippen LogP contribution is -2.40. The highest BCUT2D eigenvalue weighted by molar-refractivity contribution is 5.94. The Morgan fingerprint density at radius 3 is 2.69 bits per heavy atom. The fourth-order valence-electron chi connectivity index (χ4n) is 1.18. The van der Waals surface area contributed by atoms with E-state index in [4.69, 9.17) is 15.3 Å². The molecule has 6 heteroatoms. The molecule has 0 fully saturated rings. The van der Waals surface area contributed by atoms with Crippen LogP contribution in [0.2, 0.25) is 0 Å². The molecule has 1 aromatic heterocycles. The van der Waals surface area contributed by atoms with Gasteiger partial charge in [0.25, 0.3) is 5.91 Å². The van der Waals surface area contributed by atoms with E-state index in [0.717, 1.165) is 0 Å². The molecule has 1 heterocycles. The largest absolute Gasteiger partial charge is 0.480 e. The van der Waals surface area contributed by atoms with E-state index in [1.54, 1.807) is 13.0 Å². The molecule has 1 aromatic rings. The summed E-state index contributed by atoms with van der Waals surface area (Å²) in [6, 6.07) is 2.14. The molecule has 6 nitrogen and oxygen atoms in total. The van der Waals surface area contributed by atoms with Crippen molar-refractivity contribution in [1.82, 2.24) is 5.32 Å². The zero-order chi connectivity index (χ0) is 12.1. The van der Waals surface area contributed by atoms with Crippen LogP contribution in [0.25, 0.3) is 0 Å². The van der Waals surface area contributed by atoms with Crippen LogP contribution in [0.5, 0.6) is 0 Å². The Labute approximate surface area is 92.4 Å². The summed E-state index contributed by atoms with van der Waals surface area (Å²) in [5, 5.41) is 11.1. The Morgan fingerprint density at radius 1 is 1.56 bits per heavy atom. The van der Waals surface area contributed by atoms with Crippen molar-refractivity contribution in [3.63, 3.8) is 0 Å². The van der Waals surface area contributed by atoms with E-state index in [1.807, 2.05) is 0 Å². The summed E-state index contributed by atoms with van der Waals surface area (Å²) in [5.41, 5.74) is 5.32. The fraction of sp³-hybridized carbons (Fsp3) is 0.400. The van der Waals surface area contributed by atoms with E-state index in [2.05, 4.69) is 5.32 Å². The first-order valence-electron chi connectivity index (χ1n) is 4.91. The molecule has 0 bridgehead atoms. The molecule has 88 valence electrons. The summed E-state index contributed by atoms with van der Waals surface area (Å²) >= 11 is 0. The predicted octanol–water partition coefficient (Wildman–Crippen LogP) is 0.331. The molecule has 0 spiro atoms. The lowest BCUT2D eigenvalue weighted by molar-refractivity contribution is -0.139. The Hall–Kier alpha value is -1.82. The van der Waals surface area contributed by atoms with Gasteiger partial charge in [0.1, 0.15) is 11.8 Å². The van der Waals surface area contributed by atoms with E-state index in [0.29, 0.717) is 12.2 Å². The van der Waals surface area contributed by atoms with Crippen molar-refractivity contribution >= 4 is 11.9 Å². The number of aliphatic carboxylic acids is 1. The van der Waals surface area contributed by atoms with Gasteiger partial charge in [0.05, 0.1) is 6.54 Å². The number of hydrogen-bond donors (Lipinski definition) is 3. The third-order valence-corrected chi connectivity index (χ3v) is 2.10. The third kappa shape index (κ3) is 2.83. The smallest absolute Gasteiger partial charge is 0.326 e. The first kappa shape index (κ1) is 12.3. The third-order valence-electron chi connectivity index (χ3n) is 2.10. The average Bonchev–Trinajstić information content (AvgIpc) is 2.73. The number of nitrogens with one attached hydrogen (secondary N) is 1. The van der Waals surface area contributed by atoms with E-state index in [1.165, 1.54) is 6.07 Å². The topological polar surface area (TPSA) is 106 Å². The van der Waals surface area contributed by atoms with Gasteiger partial charge in [-0.15, -0.1) is 0 Å². The molecule has 0 aliphatic heterocycles. The standard InChI is InChI=1S/C10H14N2O4/c1-2-7(10(14)15)12-9(13)8-4-3-6(5-11)16-8/h3-4,7H,2,5,11H2,1H3,(H,12,13)(H,14,15). The van der Waals surface area contributed by atoms with Gasteiger partial charge in [-0.25, -0.2) is 4.79 Å². The van der Waals surface area contributed by atoms with E-state index < -0.39 is 17.9 Å². The Morgan fingerprint density at radius 2 is 2.25 bits per heavy atom. The van der Waals surface area contributed by atoms with Gasteiger partial charge in [-0.05, 0) is 18.6 Å². The monoisotopic (exact) mass is 226 g/mol. The minimum Gasteiger partial charge on any atom is -0.480 e. The molecule has 1 rings (SSSR count). The number of carbonyl (C=O) groups is 2. The van der Waals surface area contributed by atoms with Gasteiger partial charge in [-0.1, -0.05) is 6.92 Å². The number of hydrogen-bond acceptors (Lipinski definition) is 4. The normalized spacial score (nSPS) is 12.1. The lowest BCUT2D eigenvalue weighted by atomic mass is 10.2. The molecular weight excluding hydrogens is 212 g/mol. The molecule has 1 amide bonds. The molecule has 0 aliphatic rings. The number of carboxylic acid groups (broad SMARTS) is 1. The van der Waals surface area contributed by atoms with Crippen LogP contribution in [0.15, 0.2) is 16.5 Å². The Bertz CT molecular complexity index is 386. The van der Waals surface area contributed by atoms with Crippen molar-refractivity contribution in [3.8, 4) is 0 Å². The van der Waals surface area contributed by atoms with Crippen molar-refractivity contribution in [2.24, 2.45) is 5.73 Å². The van der Waals surface area contributed by atoms with Crippen molar-refractivity contribution in [1.29, 1.82) is 0 Å². The summed E-state index contributed by atoms with van der Waals surface area (Å²) in [4.78, 5) is 22.2. The fourth-order valence-corrected chi connectivity index (χ4v) is 1.18. The molecule has 1 unspecified atom stereocenters. The van der Waals surface area contributed by atoms with E-state index in [9.17, 15) is 9.59 Å². The number of rotatable bonds is 5. The van der Waals surface area contributed by atoms with Gasteiger partial charge < -0.3 is 20.6 Å². The molecule has 0 aromatic carbocycles. The van der Waals surface area contributed by atoms with E-state index in [-0.39, 0.29) is 12.3 Å². The zero-order valence-corrected chi connectivity index (χ0v) is 8.90. The van der Waals surface area contributed by atoms with Crippen LogP contribution in [-0.4, -0.2) is 23.0 Å². The minimum atomic E-state index is -1.07. The second-order valence-corrected chi connectivity index (χ2v) is 3.24. The maximum atomic E-state index is 11.5. The Balaban J connectivity index is 2.67. The highest BCUT2D eigenvalue weighted by Crippen LogP contribution is 2.07. The summed E-state index contributed by atoms with van der Waals surface area (Å²) in [6.07, 6.45) is 0.311. The van der Waals surface area contributed by atoms with E-state index >= 15 is 0 Å². The molecule has 0 aliphatic carbocycles. The highest BCUT2D eigenvalue weighted by atomic mass is 16.4.